The maximum absolute atomic E-state index is 12.6. The molecule has 3 aromatic carbocycles. The quantitative estimate of drug-likeness (QED) is 0.394. The molecular weight excluding hydrogens is 454 g/mol. The molecule has 0 radical (unpaired) electrons. The van der Waals surface area contributed by atoms with Gasteiger partial charge in [-0.25, -0.2) is 0 Å². The van der Waals surface area contributed by atoms with Gasteiger partial charge >= 0.3 is 0 Å². The number of benzene rings is 3. The van der Waals surface area contributed by atoms with Crippen molar-refractivity contribution in [3.63, 3.8) is 0 Å². The predicted molar refractivity (Wildman–Crippen MR) is 152 cm³/mol. The van der Waals surface area contributed by atoms with Crippen LogP contribution in [-0.4, -0.2) is 29.5 Å². The van der Waals surface area contributed by atoms with Crippen LogP contribution in [0.4, 0.5) is 0 Å². The van der Waals surface area contributed by atoms with Crippen molar-refractivity contribution >= 4 is 11.5 Å². The highest BCUT2D eigenvalue weighted by Gasteiger charge is 2.29. The molecular formula is C34H37NO2. The average molecular weight is 492 g/mol. The third-order valence-corrected chi connectivity index (χ3v) is 7.03. The van der Waals surface area contributed by atoms with Gasteiger partial charge in [-0.05, 0) is 76.8 Å². The molecule has 37 heavy (non-hydrogen) atoms. The first-order valence-electron chi connectivity index (χ1n) is 13.0. The first kappa shape index (κ1) is 26.5. The van der Waals surface area contributed by atoms with E-state index in [1.807, 2.05) is 25.2 Å². The van der Waals surface area contributed by atoms with Crippen LogP contribution in [0.2, 0.25) is 0 Å². The summed E-state index contributed by atoms with van der Waals surface area (Å²) >= 11 is 0. The Morgan fingerprint density at radius 1 is 1.03 bits per heavy atom. The maximum atomic E-state index is 12.6. The first-order chi connectivity index (χ1) is 17.5. The van der Waals surface area contributed by atoms with Gasteiger partial charge in [0.05, 0.1) is 0 Å². The zero-order valence-corrected chi connectivity index (χ0v) is 22.8. The van der Waals surface area contributed by atoms with Gasteiger partial charge < -0.3 is 10.0 Å². The molecule has 0 heterocycles. The van der Waals surface area contributed by atoms with Gasteiger partial charge in [0.15, 0.2) is 0 Å². The number of aliphatic hydroxyl groups excluding tert-OH is 1. The van der Waals surface area contributed by atoms with Crippen molar-refractivity contribution in [1.82, 2.24) is 4.90 Å². The number of hydrogen-bond acceptors (Lipinski definition) is 2. The largest absolute Gasteiger partial charge is 0.376 e. The molecule has 0 spiro atoms. The van der Waals surface area contributed by atoms with E-state index in [2.05, 4.69) is 88.9 Å². The highest BCUT2D eigenvalue weighted by Crippen LogP contribution is 2.42. The summed E-state index contributed by atoms with van der Waals surface area (Å²) in [5.41, 5.74) is 8.34. The highest BCUT2D eigenvalue weighted by atomic mass is 16.3. The van der Waals surface area contributed by atoms with Crippen LogP contribution in [-0.2, 0) is 5.41 Å². The van der Waals surface area contributed by atoms with Crippen LogP contribution < -0.4 is 0 Å². The summed E-state index contributed by atoms with van der Waals surface area (Å²) < 4.78 is 0. The number of allylic oxidation sites excluding steroid dienone is 1. The number of nitrogens with zero attached hydrogens (tertiary/aromatic N) is 1. The Morgan fingerprint density at radius 2 is 1.70 bits per heavy atom. The van der Waals surface area contributed by atoms with Crippen molar-refractivity contribution in [2.45, 2.75) is 52.6 Å². The first-order valence-corrected chi connectivity index (χ1v) is 13.0. The molecule has 0 fully saturated rings. The van der Waals surface area contributed by atoms with Crippen LogP contribution in [0.15, 0.2) is 72.8 Å². The van der Waals surface area contributed by atoms with Gasteiger partial charge in [0.25, 0.3) is 5.91 Å². The van der Waals surface area contributed by atoms with Crippen LogP contribution >= 0.6 is 0 Å². The molecule has 0 aromatic heterocycles. The van der Waals surface area contributed by atoms with Crippen LogP contribution in [0.25, 0.3) is 5.57 Å². The number of aryl methyl sites for hydroxylation is 1. The van der Waals surface area contributed by atoms with Crippen LogP contribution in [0.1, 0.15) is 84.0 Å². The van der Waals surface area contributed by atoms with E-state index in [0.29, 0.717) is 18.0 Å². The van der Waals surface area contributed by atoms with Crippen LogP contribution in [0, 0.1) is 24.7 Å². The number of rotatable bonds is 5. The minimum absolute atomic E-state index is 0.00368. The van der Waals surface area contributed by atoms with Crippen molar-refractivity contribution in [1.29, 1.82) is 0 Å². The molecule has 4 rings (SSSR count). The van der Waals surface area contributed by atoms with Gasteiger partial charge in [0, 0.05) is 24.7 Å². The number of hydrogen-bond donors (Lipinski definition) is 1. The van der Waals surface area contributed by atoms with E-state index in [9.17, 15) is 9.90 Å². The summed E-state index contributed by atoms with van der Waals surface area (Å²) in [6, 6.07) is 22.1. The lowest BCUT2D eigenvalue weighted by molar-refractivity contribution is 0.0779. The lowest BCUT2D eigenvalue weighted by Crippen LogP contribution is -2.30. The fourth-order valence-corrected chi connectivity index (χ4v) is 4.89. The minimum Gasteiger partial charge on any atom is -0.376 e. The molecule has 3 nitrogen and oxygen atoms in total. The summed E-state index contributed by atoms with van der Waals surface area (Å²) in [7, 11) is 1.83. The molecule has 0 bridgehead atoms. The average Bonchev–Trinajstić information content (AvgIpc) is 2.87. The van der Waals surface area contributed by atoms with Crippen molar-refractivity contribution < 1.29 is 9.90 Å². The third-order valence-electron chi connectivity index (χ3n) is 7.03. The number of carbonyl (C=O) groups excluding carboxylic acids is 1. The molecule has 1 unspecified atom stereocenters. The Balaban J connectivity index is 1.54. The Labute approximate surface area is 221 Å². The van der Waals surface area contributed by atoms with Crippen molar-refractivity contribution in [3.8, 4) is 11.8 Å². The fraction of sp³-hybridized carbons (Fsp3) is 0.324. The van der Waals surface area contributed by atoms with Crippen molar-refractivity contribution in [2.75, 3.05) is 13.6 Å². The molecule has 0 saturated carbocycles. The standard InChI is InChI=1S/C34H37NO2/c1-23(2)22-35(6)33(37)27-14-9-25(10-15-27)11-18-32(36)28-16-17-30-29(26-12-7-24(3)8-13-26)19-20-34(4,5)31(30)21-28/h7-10,12-17,19,21,23,32,36H,20,22H2,1-6H3. The highest BCUT2D eigenvalue weighted by molar-refractivity contribution is 5.94. The molecule has 1 aliphatic rings. The molecule has 1 amide bonds. The van der Waals surface area contributed by atoms with E-state index in [1.165, 1.54) is 27.8 Å². The summed E-state index contributed by atoms with van der Waals surface area (Å²) in [6.45, 7) is 11.5. The topological polar surface area (TPSA) is 40.5 Å². The predicted octanol–water partition coefficient (Wildman–Crippen LogP) is 6.92. The van der Waals surface area contributed by atoms with Crippen molar-refractivity contribution in [3.05, 3.63) is 112 Å². The van der Waals surface area contributed by atoms with Gasteiger partial charge in [-0.2, -0.15) is 0 Å². The number of carbonyl (C=O) groups is 1. The Bertz CT molecular complexity index is 1370. The Morgan fingerprint density at radius 3 is 2.35 bits per heavy atom. The molecule has 0 saturated heterocycles. The summed E-state index contributed by atoms with van der Waals surface area (Å²) in [5.74, 6) is 6.49. The number of amides is 1. The second-order valence-corrected chi connectivity index (χ2v) is 11.2. The Kier molecular flexibility index (Phi) is 7.71. The summed E-state index contributed by atoms with van der Waals surface area (Å²) in [5, 5.41) is 10.9. The summed E-state index contributed by atoms with van der Waals surface area (Å²) in [6.07, 6.45) is 2.37. The van der Waals surface area contributed by atoms with E-state index < -0.39 is 6.10 Å². The van der Waals surface area contributed by atoms with Crippen molar-refractivity contribution in [2.24, 2.45) is 5.92 Å². The normalized spacial score (nSPS) is 14.8. The van der Waals surface area contributed by atoms with Gasteiger partial charge in [0.1, 0.15) is 6.10 Å². The lowest BCUT2D eigenvalue weighted by Gasteiger charge is -2.33. The van der Waals surface area contributed by atoms with E-state index in [1.54, 1.807) is 17.0 Å². The molecule has 1 N–H and O–H groups in total. The molecule has 1 aliphatic carbocycles. The molecule has 1 atom stereocenters. The zero-order valence-electron chi connectivity index (χ0n) is 22.8. The number of aliphatic hydroxyl groups is 1. The SMILES string of the molecule is Cc1ccc(C2=CCC(C)(C)c3cc(C(O)C#Cc4ccc(C(=O)N(C)CC(C)C)cc4)ccc32)cc1. The second kappa shape index (κ2) is 10.8. The summed E-state index contributed by atoms with van der Waals surface area (Å²) in [4.78, 5) is 14.3. The van der Waals surface area contributed by atoms with E-state index in [-0.39, 0.29) is 11.3 Å². The van der Waals surface area contributed by atoms with Crippen LogP contribution in [0.3, 0.4) is 0 Å². The molecule has 3 heteroatoms. The molecule has 190 valence electrons. The van der Waals surface area contributed by atoms with E-state index >= 15 is 0 Å². The van der Waals surface area contributed by atoms with Crippen LogP contribution in [0.5, 0.6) is 0 Å². The van der Waals surface area contributed by atoms with E-state index in [0.717, 1.165) is 17.5 Å². The second-order valence-electron chi connectivity index (χ2n) is 11.2. The molecule has 3 aromatic rings. The maximum Gasteiger partial charge on any atom is 0.253 e. The monoisotopic (exact) mass is 491 g/mol. The minimum atomic E-state index is -0.895. The van der Waals surface area contributed by atoms with Gasteiger partial charge in [-0.15, -0.1) is 0 Å². The Hall–Kier alpha value is -3.61. The number of fused-ring (bicyclic) bond motifs is 1. The van der Waals surface area contributed by atoms with E-state index in [4.69, 9.17) is 0 Å². The zero-order chi connectivity index (χ0) is 26.7. The van der Waals surface area contributed by atoms with Gasteiger partial charge in [-0.3, -0.25) is 4.79 Å². The van der Waals surface area contributed by atoms with Gasteiger partial charge in [0.2, 0.25) is 0 Å². The molecule has 0 aliphatic heterocycles. The smallest absolute Gasteiger partial charge is 0.253 e. The fourth-order valence-electron chi connectivity index (χ4n) is 4.89. The van der Waals surface area contributed by atoms with Gasteiger partial charge in [-0.1, -0.05) is 93.6 Å². The lowest BCUT2D eigenvalue weighted by atomic mass is 9.71. The third kappa shape index (κ3) is 6.04.